The van der Waals surface area contributed by atoms with Crippen LogP contribution in [0.25, 0.3) is 0 Å². The maximum Gasteiger partial charge on any atom is 0.255 e. The molecule has 1 spiro atoms. The molecule has 9 heteroatoms. The lowest BCUT2D eigenvalue weighted by Gasteiger charge is -2.45. The van der Waals surface area contributed by atoms with Crippen molar-refractivity contribution in [3.05, 3.63) is 78.1 Å². The van der Waals surface area contributed by atoms with Gasteiger partial charge in [0.15, 0.2) is 6.10 Å². The third kappa shape index (κ3) is 4.26. The van der Waals surface area contributed by atoms with E-state index in [4.69, 9.17) is 9.47 Å². The van der Waals surface area contributed by atoms with Crippen LogP contribution >= 0.6 is 0 Å². The standard InChI is InChI=1S/C25H27N5O4/c1-33-20-6-2-4-18(14-20)15-28-22(31)21-17-30-13-10-27-24(30)25(34-21)7-11-29(12-8-25)23(32)19-5-3-9-26-16-19/h2-6,9-10,13-14,16,21H,7-8,11-12,15,17H2,1H3,(H,28,31). The fourth-order valence-electron chi connectivity index (χ4n) is 4.70. The second-order valence-electron chi connectivity index (χ2n) is 8.61. The maximum absolute atomic E-state index is 13.1. The normalized spacial score (nSPS) is 18.9. The summed E-state index contributed by atoms with van der Waals surface area (Å²) in [5, 5.41) is 2.99. The number of imidazole rings is 1. The molecule has 9 nitrogen and oxygen atoms in total. The average molecular weight is 462 g/mol. The van der Waals surface area contributed by atoms with Gasteiger partial charge < -0.3 is 24.3 Å². The van der Waals surface area contributed by atoms with Crippen molar-refractivity contribution in [1.82, 2.24) is 24.8 Å². The second kappa shape index (κ2) is 9.26. The van der Waals surface area contributed by atoms with Crippen molar-refractivity contribution in [1.29, 1.82) is 0 Å². The van der Waals surface area contributed by atoms with E-state index in [0.717, 1.165) is 17.1 Å². The van der Waals surface area contributed by atoms with E-state index in [2.05, 4.69) is 15.3 Å². The first-order valence-electron chi connectivity index (χ1n) is 11.4. The monoisotopic (exact) mass is 461 g/mol. The minimum absolute atomic E-state index is 0.0466. The number of hydrogen-bond donors (Lipinski definition) is 1. The molecule has 0 bridgehead atoms. The van der Waals surface area contributed by atoms with E-state index in [-0.39, 0.29) is 11.8 Å². The number of aromatic nitrogens is 3. The summed E-state index contributed by atoms with van der Waals surface area (Å²) in [6, 6.07) is 11.1. The molecular formula is C25H27N5O4. The third-order valence-electron chi connectivity index (χ3n) is 6.51. The van der Waals surface area contributed by atoms with Gasteiger partial charge in [0.1, 0.15) is 17.2 Å². The Morgan fingerprint density at radius 1 is 1.21 bits per heavy atom. The molecule has 5 rings (SSSR count). The number of ether oxygens (including phenoxy) is 2. The summed E-state index contributed by atoms with van der Waals surface area (Å²) in [6.07, 6.45) is 7.34. The Labute approximate surface area is 197 Å². The summed E-state index contributed by atoms with van der Waals surface area (Å²) in [7, 11) is 1.62. The van der Waals surface area contributed by atoms with Gasteiger partial charge in [-0.1, -0.05) is 12.1 Å². The maximum atomic E-state index is 13.1. The lowest BCUT2D eigenvalue weighted by atomic mass is 9.88. The molecule has 2 aliphatic heterocycles. The highest BCUT2D eigenvalue weighted by molar-refractivity contribution is 5.94. The van der Waals surface area contributed by atoms with Gasteiger partial charge in [-0.15, -0.1) is 0 Å². The molecule has 176 valence electrons. The zero-order valence-electron chi connectivity index (χ0n) is 19.0. The number of hydrogen-bond acceptors (Lipinski definition) is 6. The number of amides is 2. The number of carbonyl (C=O) groups excluding carboxylic acids is 2. The average Bonchev–Trinajstić information content (AvgIpc) is 3.38. The molecule has 34 heavy (non-hydrogen) atoms. The van der Waals surface area contributed by atoms with Crippen molar-refractivity contribution in [2.75, 3.05) is 20.2 Å². The van der Waals surface area contributed by atoms with E-state index in [1.165, 1.54) is 0 Å². The molecule has 1 saturated heterocycles. The first-order chi connectivity index (χ1) is 16.6. The topological polar surface area (TPSA) is 98.6 Å². The van der Waals surface area contributed by atoms with Crippen molar-refractivity contribution < 1.29 is 19.1 Å². The van der Waals surface area contributed by atoms with E-state index in [0.29, 0.717) is 44.6 Å². The summed E-state index contributed by atoms with van der Waals surface area (Å²) in [4.78, 5) is 36.3. The van der Waals surface area contributed by atoms with Gasteiger partial charge in [-0.25, -0.2) is 4.98 Å². The van der Waals surface area contributed by atoms with Crippen LogP contribution in [0.2, 0.25) is 0 Å². The van der Waals surface area contributed by atoms with Crippen LogP contribution in [0.3, 0.4) is 0 Å². The molecule has 2 aliphatic rings. The van der Waals surface area contributed by atoms with Crippen LogP contribution < -0.4 is 10.1 Å². The fraction of sp³-hybridized carbons (Fsp3) is 0.360. The van der Waals surface area contributed by atoms with Crippen molar-refractivity contribution in [2.24, 2.45) is 0 Å². The van der Waals surface area contributed by atoms with Crippen LogP contribution in [0.4, 0.5) is 0 Å². The van der Waals surface area contributed by atoms with Crippen molar-refractivity contribution >= 4 is 11.8 Å². The number of rotatable bonds is 5. The third-order valence-corrected chi connectivity index (χ3v) is 6.51. The Hall–Kier alpha value is -3.72. The van der Waals surface area contributed by atoms with Gasteiger partial charge in [0, 0.05) is 57.3 Å². The van der Waals surface area contributed by atoms with Crippen molar-refractivity contribution in [2.45, 2.75) is 37.6 Å². The molecule has 2 amide bonds. The van der Waals surface area contributed by atoms with Gasteiger partial charge in [0.05, 0.1) is 19.2 Å². The van der Waals surface area contributed by atoms with Crippen LogP contribution in [0.1, 0.15) is 34.6 Å². The molecule has 0 radical (unpaired) electrons. The summed E-state index contributed by atoms with van der Waals surface area (Å²) >= 11 is 0. The Bertz CT molecular complexity index is 1170. The number of benzene rings is 1. The summed E-state index contributed by atoms with van der Waals surface area (Å²) in [5.41, 5.74) is 0.814. The molecule has 2 aromatic heterocycles. The van der Waals surface area contributed by atoms with Crippen LogP contribution in [0.5, 0.6) is 5.75 Å². The van der Waals surface area contributed by atoms with Crippen LogP contribution in [0, 0.1) is 0 Å². The number of pyridine rings is 1. The minimum atomic E-state index is -0.703. The Morgan fingerprint density at radius 3 is 2.82 bits per heavy atom. The first kappa shape index (κ1) is 22.1. The number of likely N-dealkylation sites (tertiary alicyclic amines) is 1. The zero-order chi connectivity index (χ0) is 23.5. The van der Waals surface area contributed by atoms with E-state index >= 15 is 0 Å². The van der Waals surface area contributed by atoms with Gasteiger partial charge in [0.25, 0.3) is 11.8 Å². The van der Waals surface area contributed by atoms with Crippen LogP contribution in [-0.2, 0) is 28.2 Å². The number of piperidine rings is 1. The highest BCUT2D eigenvalue weighted by Crippen LogP contribution is 2.40. The summed E-state index contributed by atoms with van der Waals surface area (Å²) in [5.74, 6) is 1.35. The van der Waals surface area contributed by atoms with Crippen molar-refractivity contribution in [3.63, 3.8) is 0 Å². The summed E-state index contributed by atoms with van der Waals surface area (Å²) in [6.45, 7) is 1.81. The lowest BCUT2D eigenvalue weighted by molar-refractivity contribution is -0.172. The fourth-order valence-corrected chi connectivity index (χ4v) is 4.70. The summed E-state index contributed by atoms with van der Waals surface area (Å²) < 4.78 is 13.7. The zero-order valence-corrected chi connectivity index (χ0v) is 19.0. The first-order valence-corrected chi connectivity index (χ1v) is 11.4. The molecule has 4 heterocycles. The van der Waals surface area contributed by atoms with Crippen molar-refractivity contribution in [3.8, 4) is 5.75 Å². The predicted octanol–water partition coefficient (Wildman–Crippen LogP) is 2.13. The van der Waals surface area contributed by atoms with E-state index in [9.17, 15) is 9.59 Å². The van der Waals surface area contributed by atoms with Gasteiger partial charge >= 0.3 is 0 Å². The van der Waals surface area contributed by atoms with Gasteiger partial charge in [-0.3, -0.25) is 14.6 Å². The number of methoxy groups -OCH3 is 1. The lowest BCUT2D eigenvalue weighted by Crippen LogP contribution is -2.54. The van der Waals surface area contributed by atoms with Crippen LogP contribution in [0.15, 0.2) is 61.2 Å². The highest BCUT2D eigenvalue weighted by Gasteiger charge is 2.47. The van der Waals surface area contributed by atoms with Gasteiger partial charge in [-0.2, -0.15) is 0 Å². The molecule has 0 aliphatic carbocycles. The highest BCUT2D eigenvalue weighted by atomic mass is 16.5. The smallest absolute Gasteiger partial charge is 0.255 e. The molecule has 1 N–H and O–H groups in total. The molecule has 1 aromatic carbocycles. The van der Waals surface area contributed by atoms with Gasteiger partial charge in [0.2, 0.25) is 0 Å². The molecule has 3 aromatic rings. The Morgan fingerprint density at radius 2 is 2.06 bits per heavy atom. The van der Waals surface area contributed by atoms with E-state index in [1.807, 2.05) is 39.9 Å². The SMILES string of the molecule is COc1cccc(CNC(=O)C2Cn3ccnc3C3(CCN(C(=O)c4cccnc4)CC3)O2)c1. The number of nitrogens with one attached hydrogen (secondary N) is 1. The number of fused-ring (bicyclic) bond motifs is 2. The molecule has 1 unspecified atom stereocenters. The predicted molar refractivity (Wildman–Crippen MR) is 123 cm³/mol. The number of carbonyl (C=O) groups is 2. The number of nitrogens with zero attached hydrogens (tertiary/aromatic N) is 4. The molecule has 1 atom stereocenters. The van der Waals surface area contributed by atoms with E-state index < -0.39 is 11.7 Å². The second-order valence-corrected chi connectivity index (χ2v) is 8.61. The van der Waals surface area contributed by atoms with Crippen LogP contribution in [-0.4, -0.2) is 57.6 Å². The largest absolute Gasteiger partial charge is 0.497 e. The minimum Gasteiger partial charge on any atom is -0.497 e. The molecular weight excluding hydrogens is 434 g/mol. The molecule has 1 fully saturated rings. The Balaban J connectivity index is 1.27. The Kier molecular flexibility index (Phi) is 6.02. The quantitative estimate of drug-likeness (QED) is 0.625. The molecule has 0 saturated carbocycles. The van der Waals surface area contributed by atoms with Gasteiger partial charge in [-0.05, 0) is 29.8 Å². The van der Waals surface area contributed by atoms with E-state index in [1.54, 1.807) is 37.8 Å².